The SMILES string of the molecule is NS(=O)(=O)c1ccc2c(c1)NC(=O)C(c1ccccc1)N2C(=O)C(c1ccccc1)c1ccccc1. The van der Waals surface area contributed by atoms with Gasteiger partial charge in [0.15, 0.2) is 0 Å². The van der Waals surface area contributed by atoms with Gasteiger partial charge in [-0.3, -0.25) is 14.5 Å². The second kappa shape index (κ2) is 9.41. The van der Waals surface area contributed by atoms with Crippen LogP contribution in [0, 0.1) is 0 Å². The largest absolute Gasteiger partial charge is 0.322 e. The minimum absolute atomic E-state index is 0.158. The number of benzene rings is 4. The summed E-state index contributed by atoms with van der Waals surface area (Å²) in [5.74, 6) is -1.47. The van der Waals surface area contributed by atoms with Gasteiger partial charge >= 0.3 is 0 Å². The number of fused-ring (bicyclic) bond motifs is 1. The van der Waals surface area contributed by atoms with Crippen LogP contribution in [0.5, 0.6) is 0 Å². The van der Waals surface area contributed by atoms with Gasteiger partial charge in [0.1, 0.15) is 6.04 Å². The molecule has 0 spiro atoms. The summed E-state index contributed by atoms with van der Waals surface area (Å²) in [6.45, 7) is 0. The first-order chi connectivity index (χ1) is 17.3. The van der Waals surface area contributed by atoms with E-state index in [1.807, 2.05) is 66.7 Å². The molecule has 180 valence electrons. The number of hydrogen-bond donors (Lipinski definition) is 2. The van der Waals surface area contributed by atoms with Crippen molar-refractivity contribution in [1.29, 1.82) is 0 Å². The topological polar surface area (TPSA) is 110 Å². The Labute approximate surface area is 209 Å². The third kappa shape index (κ3) is 4.39. The van der Waals surface area contributed by atoms with Gasteiger partial charge in [0.05, 0.1) is 22.2 Å². The summed E-state index contributed by atoms with van der Waals surface area (Å²) < 4.78 is 23.9. The summed E-state index contributed by atoms with van der Waals surface area (Å²) >= 11 is 0. The molecule has 0 fully saturated rings. The molecule has 0 aromatic heterocycles. The van der Waals surface area contributed by atoms with Gasteiger partial charge in [-0.05, 0) is 34.9 Å². The number of nitrogens with two attached hydrogens (primary N) is 1. The van der Waals surface area contributed by atoms with Crippen LogP contribution in [0.15, 0.2) is 114 Å². The maximum Gasteiger partial charge on any atom is 0.252 e. The molecule has 1 unspecified atom stereocenters. The first-order valence-electron chi connectivity index (χ1n) is 11.3. The molecular weight excluding hydrogens is 474 g/mol. The highest BCUT2D eigenvalue weighted by molar-refractivity contribution is 7.89. The minimum Gasteiger partial charge on any atom is -0.322 e. The van der Waals surface area contributed by atoms with Crippen LogP contribution in [0.4, 0.5) is 11.4 Å². The first kappa shape index (κ1) is 23.5. The summed E-state index contributed by atoms with van der Waals surface area (Å²) in [5, 5.41) is 8.09. The Kier molecular flexibility index (Phi) is 6.13. The zero-order valence-electron chi connectivity index (χ0n) is 19.1. The van der Waals surface area contributed by atoms with Crippen molar-refractivity contribution < 1.29 is 18.0 Å². The summed E-state index contributed by atoms with van der Waals surface area (Å²) in [7, 11) is -4.01. The Morgan fingerprint density at radius 1 is 0.806 bits per heavy atom. The highest BCUT2D eigenvalue weighted by atomic mass is 32.2. The maximum atomic E-state index is 14.5. The number of sulfonamides is 1. The lowest BCUT2D eigenvalue weighted by molar-refractivity contribution is -0.124. The molecule has 4 aromatic rings. The molecule has 1 atom stereocenters. The van der Waals surface area contributed by atoms with Crippen LogP contribution < -0.4 is 15.4 Å². The Hall–Kier alpha value is -4.27. The molecule has 4 aromatic carbocycles. The lowest BCUT2D eigenvalue weighted by atomic mass is 9.88. The second-order valence-electron chi connectivity index (χ2n) is 8.49. The minimum atomic E-state index is -4.01. The Balaban J connectivity index is 1.72. The average molecular weight is 498 g/mol. The van der Waals surface area contributed by atoms with Gasteiger partial charge in [-0.1, -0.05) is 91.0 Å². The van der Waals surface area contributed by atoms with Crippen LogP contribution in [0.3, 0.4) is 0 Å². The average Bonchev–Trinajstić information content (AvgIpc) is 2.89. The number of rotatable bonds is 5. The van der Waals surface area contributed by atoms with Crippen LogP contribution in [-0.4, -0.2) is 20.2 Å². The van der Waals surface area contributed by atoms with Gasteiger partial charge in [-0.2, -0.15) is 0 Å². The van der Waals surface area contributed by atoms with Crippen molar-refractivity contribution in [3.63, 3.8) is 0 Å². The van der Waals surface area contributed by atoms with Crippen molar-refractivity contribution >= 4 is 33.2 Å². The van der Waals surface area contributed by atoms with Gasteiger partial charge < -0.3 is 5.32 Å². The normalized spacial score (nSPS) is 15.3. The van der Waals surface area contributed by atoms with Crippen LogP contribution >= 0.6 is 0 Å². The molecule has 0 saturated heterocycles. The van der Waals surface area contributed by atoms with Crippen LogP contribution in [0.25, 0.3) is 0 Å². The summed E-state index contributed by atoms with van der Waals surface area (Å²) in [4.78, 5) is 29.2. The molecule has 1 aliphatic heterocycles. The zero-order chi connectivity index (χ0) is 25.3. The molecule has 7 nitrogen and oxygen atoms in total. The third-order valence-corrected chi connectivity index (χ3v) is 7.10. The number of anilines is 2. The number of carbonyl (C=O) groups excluding carboxylic acids is 2. The molecular formula is C28H23N3O4S. The lowest BCUT2D eigenvalue weighted by Gasteiger charge is -2.39. The predicted molar refractivity (Wildman–Crippen MR) is 138 cm³/mol. The van der Waals surface area contributed by atoms with Crippen molar-refractivity contribution in [2.45, 2.75) is 16.9 Å². The zero-order valence-corrected chi connectivity index (χ0v) is 19.9. The summed E-state index contributed by atoms with van der Waals surface area (Å²) in [6, 6.07) is 30.9. The fourth-order valence-electron chi connectivity index (χ4n) is 4.55. The van der Waals surface area contributed by atoms with E-state index < -0.39 is 27.9 Å². The Morgan fingerprint density at radius 3 is 1.86 bits per heavy atom. The van der Waals surface area contributed by atoms with E-state index in [2.05, 4.69) is 5.32 Å². The van der Waals surface area contributed by atoms with Crippen LogP contribution in [0.1, 0.15) is 28.7 Å². The Morgan fingerprint density at radius 2 is 1.33 bits per heavy atom. The van der Waals surface area contributed by atoms with E-state index >= 15 is 0 Å². The molecule has 1 heterocycles. The van der Waals surface area contributed by atoms with E-state index in [0.717, 1.165) is 11.1 Å². The molecule has 0 bridgehead atoms. The van der Waals surface area contributed by atoms with Crippen molar-refractivity contribution in [3.8, 4) is 0 Å². The summed E-state index contributed by atoms with van der Waals surface area (Å²) in [6.07, 6.45) is 0. The lowest BCUT2D eigenvalue weighted by Crippen LogP contribution is -2.47. The smallest absolute Gasteiger partial charge is 0.252 e. The standard InChI is InChI=1S/C28H23N3O4S/c29-36(34,35)22-16-17-24-23(18-22)30-27(32)26(21-14-8-3-9-15-21)31(24)28(33)25(19-10-4-1-5-11-19)20-12-6-2-7-13-20/h1-18,25-26H,(H,30,32)(H2,29,34,35). The number of nitrogens with one attached hydrogen (secondary N) is 1. The quantitative estimate of drug-likeness (QED) is 0.431. The molecule has 1 aliphatic rings. The monoisotopic (exact) mass is 497 g/mol. The van der Waals surface area contributed by atoms with Gasteiger partial charge in [0, 0.05) is 0 Å². The van der Waals surface area contributed by atoms with E-state index in [0.29, 0.717) is 11.3 Å². The third-order valence-electron chi connectivity index (χ3n) is 6.19. The van der Waals surface area contributed by atoms with E-state index in [-0.39, 0.29) is 16.5 Å². The Bertz CT molecular complexity index is 1490. The van der Waals surface area contributed by atoms with E-state index in [4.69, 9.17) is 5.14 Å². The van der Waals surface area contributed by atoms with Gasteiger partial charge in [-0.15, -0.1) is 0 Å². The molecule has 2 amide bonds. The number of amides is 2. The van der Waals surface area contributed by atoms with E-state index in [9.17, 15) is 18.0 Å². The summed E-state index contributed by atoms with van der Waals surface area (Å²) in [5.41, 5.74) is 2.76. The van der Waals surface area contributed by atoms with Crippen LogP contribution in [-0.2, 0) is 19.6 Å². The molecule has 0 aliphatic carbocycles. The molecule has 36 heavy (non-hydrogen) atoms. The highest BCUT2D eigenvalue weighted by Gasteiger charge is 2.41. The number of nitrogens with zero attached hydrogens (tertiary/aromatic N) is 1. The molecule has 5 rings (SSSR count). The molecule has 0 radical (unpaired) electrons. The maximum absolute atomic E-state index is 14.5. The van der Waals surface area contributed by atoms with Crippen molar-refractivity contribution in [1.82, 2.24) is 0 Å². The van der Waals surface area contributed by atoms with Gasteiger partial charge in [-0.25, -0.2) is 13.6 Å². The predicted octanol–water partition coefficient (Wildman–Crippen LogP) is 4.19. The molecule has 3 N–H and O–H groups in total. The molecule has 0 saturated carbocycles. The van der Waals surface area contributed by atoms with Gasteiger partial charge in [0.2, 0.25) is 15.9 Å². The fourth-order valence-corrected chi connectivity index (χ4v) is 5.09. The van der Waals surface area contributed by atoms with Crippen molar-refractivity contribution in [3.05, 3.63) is 126 Å². The molecule has 8 heteroatoms. The van der Waals surface area contributed by atoms with Crippen molar-refractivity contribution in [2.24, 2.45) is 5.14 Å². The number of hydrogen-bond acceptors (Lipinski definition) is 4. The van der Waals surface area contributed by atoms with Crippen molar-refractivity contribution in [2.75, 3.05) is 10.2 Å². The first-order valence-corrected chi connectivity index (χ1v) is 12.8. The van der Waals surface area contributed by atoms with E-state index in [1.165, 1.54) is 23.1 Å². The second-order valence-corrected chi connectivity index (χ2v) is 10.1. The number of primary sulfonamides is 1. The highest BCUT2D eigenvalue weighted by Crippen LogP contribution is 2.42. The van der Waals surface area contributed by atoms with E-state index in [1.54, 1.807) is 24.3 Å². The van der Waals surface area contributed by atoms with Gasteiger partial charge in [0.25, 0.3) is 5.91 Å². The van der Waals surface area contributed by atoms with Crippen LogP contribution in [0.2, 0.25) is 0 Å². The number of carbonyl (C=O) groups is 2. The fraction of sp³-hybridized carbons (Fsp3) is 0.0714.